The molecule has 0 saturated carbocycles. The molecule has 0 aliphatic heterocycles. The number of hydrogen-bond acceptors (Lipinski definition) is 5. The van der Waals surface area contributed by atoms with Crippen molar-refractivity contribution in [3.63, 3.8) is 0 Å². The van der Waals surface area contributed by atoms with Gasteiger partial charge in [-0.15, -0.1) is 11.3 Å². The van der Waals surface area contributed by atoms with E-state index in [4.69, 9.17) is 39.5 Å². The van der Waals surface area contributed by atoms with E-state index in [0.717, 1.165) is 5.56 Å². The lowest BCUT2D eigenvalue weighted by atomic mass is 10.1. The van der Waals surface area contributed by atoms with Crippen LogP contribution in [0.4, 0.5) is 11.5 Å². The standard InChI is InChI=1S/C24H17Cl3N4O3S/c1-34-18-10-16(26)9-17(23(32)29-19-6-5-15(25)11-28-19)21(18)30-24(33)22-20(27)14(13-35-22)12-31-7-3-2-4-8-31/h2-11,13H,12H2,1H3,(H-,28,29,30,32,33)/p+1. The second-order valence-electron chi connectivity index (χ2n) is 7.25. The van der Waals surface area contributed by atoms with E-state index in [0.29, 0.717) is 21.5 Å². The second-order valence-corrected chi connectivity index (χ2v) is 9.38. The molecule has 0 unspecified atom stereocenters. The maximum atomic E-state index is 13.2. The van der Waals surface area contributed by atoms with E-state index in [-0.39, 0.29) is 27.8 Å². The smallest absolute Gasteiger partial charge is 0.267 e. The quantitative estimate of drug-likeness (QED) is 0.280. The van der Waals surface area contributed by atoms with Crippen LogP contribution in [-0.4, -0.2) is 23.9 Å². The fraction of sp³-hybridized carbons (Fsp3) is 0.0833. The van der Waals surface area contributed by atoms with Crippen molar-refractivity contribution in [1.82, 2.24) is 4.98 Å². The minimum absolute atomic E-state index is 0.0900. The molecule has 2 N–H and O–H groups in total. The lowest BCUT2D eigenvalue weighted by Gasteiger charge is -2.15. The maximum absolute atomic E-state index is 13.2. The molecular weight excluding hydrogens is 531 g/mol. The Hall–Kier alpha value is -3.17. The van der Waals surface area contributed by atoms with E-state index in [1.165, 1.54) is 36.8 Å². The zero-order chi connectivity index (χ0) is 24.9. The Bertz CT molecular complexity index is 1380. The lowest BCUT2D eigenvalue weighted by Crippen LogP contribution is -2.32. The molecule has 0 saturated heterocycles. The van der Waals surface area contributed by atoms with Gasteiger partial charge in [0.25, 0.3) is 11.8 Å². The summed E-state index contributed by atoms with van der Waals surface area (Å²) in [7, 11) is 1.41. The summed E-state index contributed by atoms with van der Waals surface area (Å²) in [6.45, 7) is 0.509. The molecule has 1 aromatic carbocycles. The molecule has 0 spiro atoms. The molecule has 0 fully saturated rings. The predicted molar refractivity (Wildman–Crippen MR) is 138 cm³/mol. The van der Waals surface area contributed by atoms with Crippen molar-refractivity contribution in [2.24, 2.45) is 0 Å². The van der Waals surface area contributed by atoms with Gasteiger partial charge in [-0.1, -0.05) is 40.9 Å². The fourth-order valence-electron chi connectivity index (χ4n) is 3.23. The summed E-state index contributed by atoms with van der Waals surface area (Å²) in [6.07, 6.45) is 5.22. The third kappa shape index (κ3) is 5.91. The first-order chi connectivity index (χ1) is 16.9. The Morgan fingerprint density at radius 1 is 1.03 bits per heavy atom. The maximum Gasteiger partial charge on any atom is 0.267 e. The van der Waals surface area contributed by atoms with Crippen molar-refractivity contribution < 1.29 is 18.9 Å². The zero-order valence-corrected chi connectivity index (χ0v) is 21.3. The molecule has 0 bridgehead atoms. The van der Waals surface area contributed by atoms with E-state index >= 15 is 0 Å². The molecular formula is C24H18Cl3N4O3S+. The van der Waals surface area contributed by atoms with Gasteiger partial charge < -0.3 is 15.4 Å². The third-order valence-corrected chi connectivity index (χ3v) is 6.89. The van der Waals surface area contributed by atoms with Crippen molar-refractivity contribution in [3.05, 3.63) is 97.5 Å². The van der Waals surface area contributed by atoms with Crippen LogP contribution in [0.25, 0.3) is 0 Å². The Kier molecular flexibility index (Phi) is 7.87. The molecule has 0 aliphatic rings. The van der Waals surface area contributed by atoms with Crippen molar-refractivity contribution in [2.45, 2.75) is 6.54 Å². The van der Waals surface area contributed by atoms with Gasteiger partial charge in [-0.25, -0.2) is 9.55 Å². The number of amides is 2. The highest BCUT2D eigenvalue weighted by molar-refractivity contribution is 7.13. The van der Waals surface area contributed by atoms with Gasteiger partial charge in [-0.3, -0.25) is 9.59 Å². The van der Waals surface area contributed by atoms with Gasteiger partial charge in [0, 0.05) is 40.4 Å². The molecule has 35 heavy (non-hydrogen) atoms. The average molecular weight is 549 g/mol. The van der Waals surface area contributed by atoms with Crippen LogP contribution in [0.2, 0.25) is 15.1 Å². The summed E-state index contributed by atoms with van der Waals surface area (Å²) in [5.74, 6) is -0.536. The van der Waals surface area contributed by atoms with Gasteiger partial charge in [0.15, 0.2) is 18.9 Å². The molecule has 11 heteroatoms. The zero-order valence-electron chi connectivity index (χ0n) is 18.2. The van der Waals surface area contributed by atoms with Crippen LogP contribution in [0.15, 0.2) is 66.4 Å². The van der Waals surface area contributed by atoms with E-state index in [2.05, 4.69) is 15.6 Å². The number of anilines is 2. The number of pyridine rings is 2. The highest BCUT2D eigenvalue weighted by Gasteiger charge is 2.24. The molecule has 2 amide bonds. The number of aromatic nitrogens is 2. The summed E-state index contributed by atoms with van der Waals surface area (Å²) < 4.78 is 7.34. The molecule has 4 aromatic rings. The number of benzene rings is 1. The minimum atomic E-state index is -0.547. The first-order valence-corrected chi connectivity index (χ1v) is 12.2. The summed E-state index contributed by atoms with van der Waals surface area (Å²) in [5, 5.41) is 8.28. The number of hydrogen-bond donors (Lipinski definition) is 2. The number of carbonyl (C=O) groups is 2. The highest BCUT2D eigenvalue weighted by Crippen LogP contribution is 2.35. The van der Waals surface area contributed by atoms with Crippen molar-refractivity contribution in [1.29, 1.82) is 0 Å². The number of carbonyl (C=O) groups excluding carboxylic acids is 2. The number of thiophene rings is 1. The van der Waals surface area contributed by atoms with Gasteiger partial charge in [-0.2, -0.15) is 0 Å². The van der Waals surface area contributed by atoms with Gasteiger partial charge in [0.2, 0.25) is 0 Å². The van der Waals surface area contributed by atoms with Crippen LogP contribution in [0.1, 0.15) is 25.6 Å². The Morgan fingerprint density at radius 3 is 2.49 bits per heavy atom. The largest absolute Gasteiger partial charge is 0.494 e. The summed E-state index contributed by atoms with van der Waals surface area (Å²) in [5.41, 5.74) is 1.04. The molecule has 178 valence electrons. The first-order valence-electron chi connectivity index (χ1n) is 10.2. The molecule has 0 aliphatic carbocycles. The van der Waals surface area contributed by atoms with Crippen LogP contribution >= 0.6 is 46.1 Å². The third-order valence-electron chi connectivity index (χ3n) is 4.88. The number of rotatable bonds is 7. The van der Waals surface area contributed by atoms with Crippen LogP contribution in [0.5, 0.6) is 5.75 Å². The Morgan fingerprint density at radius 2 is 1.80 bits per heavy atom. The summed E-state index contributed by atoms with van der Waals surface area (Å²) in [6, 6.07) is 11.8. The molecule has 4 rings (SSSR count). The SMILES string of the molecule is COc1cc(Cl)cc(C(=O)Nc2ccc(Cl)cn2)c1NC(=O)c1scc(C[n+]2ccccc2)c1Cl. The molecule has 3 heterocycles. The highest BCUT2D eigenvalue weighted by atomic mass is 35.5. The van der Waals surface area contributed by atoms with E-state index in [1.54, 1.807) is 12.1 Å². The summed E-state index contributed by atoms with van der Waals surface area (Å²) in [4.78, 5) is 30.6. The molecule has 0 atom stereocenters. The van der Waals surface area contributed by atoms with E-state index < -0.39 is 11.8 Å². The van der Waals surface area contributed by atoms with Crippen molar-refractivity contribution >= 4 is 69.5 Å². The van der Waals surface area contributed by atoms with Crippen LogP contribution in [-0.2, 0) is 6.54 Å². The fourth-order valence-corrected chi connectivity index (χ4v) is 4.79. The minimum Gasteiger partial charge on any atom is -0.494 e. The van der Waals surface area contributed by atoms with Gasteiger partial charge in [0.1, 0.15) is 16.4 Å². The van der Waals surface area contributed by atoms with Gasteiger partial charge in [-0.05, 0) is 18.2 Å². The number of methoxy groups -OCH3 is 1. The van der Waals surface area contributed by atoms with Crippen LogP contribution < -0.4 is 19.9 Å². The van der Waals surface area contributed by atoms with Gasteiger partial charge >= 0.3 is 0 Å². The number of ether oxygens (including phenoxy) is 1. The monoisotopic (exact) mass is 547 g/mol. The first kappa shape index (κ1) is 24.9. The average Bonchev–Trinajstić information content (AvgIpc) is 3.21. The predicted octanol–water partition coefficient (Wildman–Crippen LogP) is 5.95. The Balaban J connectivity index is 1.61. The van der Waals surface area contributed by atoms with Crippen molar-refractivity contribution in [3.8, 4) is 5.75 Å². The second kappa shape index (κ2) is 11.0. The van der Waals surface area contributed by atoms with E-state index in [9.17, 15) is 9.59 Å². The van der Waals surface area contributed by atoms with Crippen LogP contribution in [0, 0.1) is 0 Å². The van der Waals surface area contributed by atoms with Crippen molar-refractivity contribution in [2.75, 3.05) is 17.7 Å². The normalized spacial score (nSPS) is 10.6. The lowest BCUT2D eigenvalue weighted by molar-refractivity contribution is -0.688. The molecule has 0 radical (unpaired) electrons. The number of nitrogens with one attached hydrogen (secondary N) is 2. The summed E-state index contributed by atoms with van der Waals surface area (Å²) >= 11 is 19.8. The van der Waals surface area contributed by atoms with E-state index in [1.807, 2.05) is 40.5 Å². The Labute approximate surface area is 220 Å². The molecule has 7 nitrogen and oxygen atoms in total. The number of nitrogens with zero attached hydrogens (tertiary/aromatic N) is 2. The van der Waals surface area contributed by atoms with Gasteiger partial charge in [0.05, 0.1) is 28.4 Å². The van der Waals surface area contributed by atoms with Crippen LogP contribution in [0.3, 0.4) is 0 Å². The molecule has 3 aromatic heterocycles. The topological polar surface area (TPSA) is 84.2 Å². The number of halogens is 3.